The van der Waals surface area contributed by atoms with Gasteiger partial charge in [0.15, 0.2) is 0 Å². The third-order valence-electron chi connectivity index (χ3n) is 3.59. The Balaban J connectivity index is 1.66. The minimum absolute atomic E-state index is 0.719. The maximum Gasteiger partial charge on any atom is 0.137 e. The van der Waals surface area contributed by atoms with E-state index in [9.17, 15) is 0 Å². The topological polar surface area (TPSA) is 29.3 Å². The first-order valence-electron chi connectivity index (χ1n) is 7.17. The molecule has 3 nitrogen and oxygen atoms in total. The van der Waals surface area contributed by atoms with E-state index in [1.54, 1.807) is 0 Å². The average molecular weight is 300 g/mol. The van der Waals surface area contributed by atoms with E-state index in [1.165, 1.54) is 11.1 Å². The number of halogens is 1. The van der Waals surface area contributed by atoms with Gasteiger partial charge in [0.25, 0.3) is 0 Å². The lowest BCUT2D eigenvalue weighted by Crippen LogP contribution is -2.14. The average Bonchev–Trinajstić information content (AvgIpc) is 2.89. The number of nitrogens with one attached hydrogen (secondary N) is 1. The van der Waals surface area contributed by atoms with E-state index in [2.05, 4.69) is 41.5 Å². The fourth-order valence-electron chi connectivity index (χ4n) is 2.50. The number of aromatic nitrogens is 2. The van der Waals surface area contributed by atoms with Crippen molar-refractivity contribution >= 4 is 17.2 Å². The molecule has 0 atom stereocenters. The molecular formula is C17H18ClN3. The molecule has 3 aromatic rings. The summed E-state index contributed by atoms with van der Waals surface area (Å²) in [6.07, 6.45) is 4.95. The van der Waals surface area contributed by atoms with E-state index in [0.717, 1.165) is 35.9 Å². The number of benzene rings is 1. The number of imidazole rings is 1. The fourth-order valence-corrected chi connectivity index (χ4v) is 2.67. The quantitative estimate of drug-likeness (QED) is 0.775. The lowest BCUT2D eigenvalue weighted by atomic mass is 10.1. The minimum Gasteiger partial charge on any atom is -0.307 e. The van der Waals surface area contributed by atoms with Crippen molar-refractivity contribution in [2.45, 2.75) is 26.4 Å². The molecule has 0 spiro atoms. The van der Waals surface area contributed by atoms with Crippen LogP contribution >= 0.6 is 11.6 Å². The molecule has 0 saturated carbocycles. The molecule has 0 aliphatic carbocycles. The summed E-state index contributed by atoms with van der Waals surface area (Å²) < 4.78 is 1.96. The lowest BCUT2D eigenvalue weighted by Gasteiger charge is -2.08. The van der Waals surface area contributed by atoms with Crippen LogP contribution in [0.4, 0.5) is 0 Å². The monoisotopic (exact) mass is 299 g/mol. The number of hydrogen-bond acceptors (Lipinski definition) is 2. The Bertz CT molecular complexity index is 749. The third-order valence-corrected chi connectivity index (χ3v) is 3.81. The Morgan fingerprint density at radius 3 is 2.67 bits per heavy atom. The molecule has 0 radical (unpaired) electrons. The molecule has 108 valence electrons. The van der Waals surface area contributed by atoms with Crippen LogP contribution in [0.3, 0.4) is 0 Å². The summed E-state index contributed by atoms with van der Waals surface area (Å²) in [7, 11) is 0. The molecule has 0 amide bonds. The van der Waals surface area contributed by atoms with Gasteiger partial charge in [-0.2, -0.15) is 0 Å². The molecule has 1 aromatic carbocycles. The lowest BCUT2D eigenvalue weighted by molar-refractivity contribution is 0.678. The van der Waals surface area contributed by atoms with Crippen LogP contribution in [0.25, 0.3) is 5.65 Å². The Hall–Kier alpha value is -1.84. The molecule has 0 fully saturated rings. The van der Waals surface area contributed by atoms with E-state index >= 15 is 0 Å². The number of aryl methyl sites for hydroxylation is 1. The zero-order chi connectivity index (χ0) is 14.7. The highest BCUT2D eigenvalue weighted by Crippen LogP contribution is 2.12. The summed E-state index contributed by atoms with van der Waals surface area (Å²) in [5.41, 5.74) is 4.69. The van der Waals surface area contributed by atoms with Crippen LogP contribution in [0.1, 0.15) is 23.7 Å². The fraction of sp³-hybridized carbons (Fsp3) is 0.235. The van der Waals surface area contributed by atoms with Crippen molar-refractivity contribution in [3.8, 4) is 0 Å². The number of nitrogens with zero attached hydrogens (tertiary/aromatic N) is 2. The maximum absolute atomic E-state index is 5.98. The van der Waals surface area contributed by atoms with Crippen LogP contribution in [-0.2, 0) is 19.5 Å². The molecule has 0 bridgehead atoms. The van der Waals surface area contributed by atoms with E-state index in [4.69, 9.17) is 11.6 Å². The van der Waals surface area contributed by atoms with Crippen molar-refractivity contribution in [2.24, 2.45) is 0 Å². The first-order valence-corrected chi connectivity index (χ1v) is 7.54. The molecule has 0 unspecified atom stereocenters. The van der Waals surface area contributed by atoms with E-state index in [1.807, 2.05) is 28.9 Å². The summed E-state index contributed by atoms with van der Waals surface area (Å²) >= 11 is 5.98. The molecule has 3 rings (SSSR count). The van der Waals surface area contributed by atoms with Gasteiger partial charge in [0.2, 0.25) is 0 Å². The van der Waals surface area contributed by atoms with Crippen molar-refractivity contribution in [3.63, 3.8) is 0 Å². The second-order valence-corrected chi connectivity index (χ2v) is 5.51. The van der Waals surface area contributed by atoms with Crippen LogP contribution < -0.4 is 5.32 Å². The van der Waals surface area contributed by atoms with Gasteiger partial charge in [0.1, 0.15) is 5.65 Å². The first kappa shape index (κ1) is 14.1. The largest absolute Gasteiger partial charge is 0.307 e. The summed E-state index contributed by atoms with van der Waals surface area (Å²) in [6.45, 7) is 3.79. The molecule has 0 aliphatic rings. The summed E-state index contributed by atoms with van der Waals surface area (Å²) in [6, 6.07) is 12.3. The van der Waals surface area contributed by atoms with Gasteiger partial charge in [-0.05, 0) is 29.7 Å². The molecular weight excluding hydrogens is 282 g/mol. The third kappa shape index (κ3) is 3.26. The highest BCUT2D eigenvalue weighted by atomic mass is 35.5. The van der Waals surface area contributed by atoms with E-state index in [0.29, 0.717) is 0 Å². The predicted molar refractivity (Wildman–Crippen MR) is 86.6 cm³/mol. The van der Waals surface area contributed by atoms with E-state index < -0.39 is 0 Å². The second-order valence-electron chi connectivity index (χ2n) is 5.07. The highest BCUT2D eigenvalue weighted by Gasteiger charge is 2.03. The number of fused-ring (bicyclic) bond motifs is 1. The molecule has 0 aliphatic heterocycles. The highest BCUT2D eigenvalue weighted by molar-refractivity contribution is 6.30. The number of pyridine rings is 1. The molecule has 4 heteroatoms. The zero-order valence-electron chi connectivity index (χ0n) is 12.0. The van der Waals surface area contributed by atoms with Crippen LogP contribution in [0.2, 0.25) is 5.02 Å². The maximum atomic E-state index is 5.98. The number of hydrogen-bond donors (Lipinski definition) is 1. The predicted octanol–water partition coefficient (Wildman–Crippen LogP) is 3.84. The SMILES string of the molecule is CCc1ccccc1CNCc1cn2cc(Cl)ccc2n1. The second kappa shape index (κ2) is 6.29. The van der Waals surface area contributed by atoms with Crippen molar-refractivity contribution in [1.82, 2.24) is 14.7 Å². The molecule has 0 saturated heterocycles. The summed E-state index contributed by atoms with van der Waals surface area (Å²) in [5, 5.41) is 4.18. The van der Waals surface area contributed by atoms with Crippen molar-refractivity contribution in [3.05, 3.63) is 70.6 Å². The Kier molecular flexibility index (Phi) is 4.23. The van der Waals surface area contributed by atoms with Crippen molar-refractivity contribution < 1.29 is 0 Å². The van der Waals surface area contributed by atoms with Crippen LogP contribution in [0.15, 0.2) is 48.8 Å². The van der Waals surface area contributed by atoms with Crippen molar-refractivity contribution in [2.75, 3.05) is 0 Å². The number of rotatable bonds is 5. The first-order chi connectivity index (χ1) is 10.3. The van der Waals surface area contributed by atoms with E-state index in [-0.39, 0.29) is 0 Å². The smallest absolute Gasteiger partial charge is 0.137 e. The van der Waals surface area contributed by atoms with Gasteiger partial charge in [-0.15, -0.1) is 0 Å². The summed E-state index contributed by atoms with van der Waals surface area (Å²) in [5.74, 6) is 0. The van der Waals surface area contributed by atoms with Gasteiger partial charge < -0.3 is 9.72 Å². The van der Waals surface area contributed by atoms with Gasteiger partial charge in [-0.3, -0.25) is 0 Å². The van der Waals surface area contributed by atoms with Crippen LogP contribution in [0.5, 0.6) is 0 Å². The van der Waals surface area contributed by atoms with Gasteiger partial charge >= 0.3 is 0 Å². The zero-order valence-corrected chi connectivity index (χ0v) is 12.8. The van der Waals surface area contributed by atoms with Crippen LogP contribution in [-0.4, -0.2) is 9.38 Å². The van der Waals surface area contributed by atoms with Gasteiger partial charge in [0.05, 0.1) is 10.7 Å². The Labute approximate surface area is 129 Å². The van der Waals surface area contributed by atoms with Gasteiger partial charge in [-0.25, -0.2) is 4.98 Å². The van der Waals surface area contributed by atoms with Gasteiger partial charge in [-0.1, -0.05) is 42.8 Å². The molecule has 21 heavy (non-hydrogen) atoms. The molecule has 2 heterocycles. The minimum atomic E-state index is 0.719. The summed E-state index contributed by atoms with van der Waals surface area (Å²) in [4.78, 5) is 4.57. The van der Waals surface area contributed by atoms with Crippen LogP contribution in [0, 0.1) is 0 Å². The standard InChI is InChI=1S/C17H18ClN3/c1-2-13-5-3-4-6-14(13)9-19-10-16-12-21-11-15(18)7-8-17(21)20-16/h3-8,11-12,19H,2,9-10H2,1H3. The van der Waals surface area contributed by atoms with Crippen molar-refractivity contribution in [1.29, 1.82) is 0 Å². The normalized spacial score (nSPS) is 11.1. The molecule has 1 N–H and O–H groups in total. The Morgan fingerprint density at radius 1 is 1.05 bits per heavy atom. The van der Waals surface area contributed by atoms with Gasteiger partial charge in [0, 0.05) is 25.5 Å². The molecule has 2 aromatic heterocycles. The Morgan fingerprint density at radius 2 is 1.86 bits per heavy atom.